The Morgan fingerprint density at radius 2 is 1.35 bits per heavy atom. The molecule has 0 radical (unpaired) electrons. The Morgan fingerprint density at radius 1 is 0.732 bits per heavy atom. The zero-order chi connectivity index (χ0) is 50.2. The number of fused-ring (bicyclic) bond motifs is 2. The molecule has 6 amide bonds. The fourth-order valence-corrected chi connectivity index (χ4v) is 8.56. The second kappa shape index (κ2) is 19.5. The van der Waals surface area contributed by atoms with Crippen LogP contribution in [0.25, 0.3) is 0 Å². The molecule has 20 nitrogen and oxygen atoms in total. The maximum absolute atomic E-state index is 13.7. The number of aromatic nitrogens is 8. The van der Waals surface area contributed by atoms with Gasteiger partial charge in [-0.25, -0.2) is 60.3 Å². The molecule has 2 saturated heterocycles. The van der Waals surface area contributed by atoms with E-state index in [1.165, 1.54) is 27.9 Å². The van der Waals surface area contributed by atoms with E-state index < -0.39 is 77.2 Å². The van der Waals surface area contributed by atoms with Gasteiger partial charge in [0.25, 0.3) is 0 Å². The van der Waals surface area contributed by atoms with E-state index in [9.17, 15) is 49.9 Å². The fraction of sp³-hybridized carbons (Fsp3) is 0.318. The fourth-order valence-electron chi connectivity index (χ4n) is 8.56. The molecule has 2 aromatic carbocycles. The first kappa shape index (κ1) is 47.7. The molecule has 4 aliphatic rings. The smallest absolute Gasteiger partial charge is 0.324 e. The van der Waals surface area contributed by atoms with Crippen LogP contribution in [0.15, 0.2) is 73.6 Å². The lowest BCUT2D eigenvalue weighted by Crippen LogP contribution is -2.55. The summed E-state index contributed by atoms with van der Waals surface area (Å²) < 4.78 is 109. The van der Waals surface area contributed by atoms with Crippen LogP contribution in [0.4, 0.5) is 57.4 Å². The van der Waals surface area contributed by atoms with Gasteiger partial charge in [-0.3, -0.25) is 28.8 Å². The van der Waals surface area contributed by atoms with Gasteiger partial charge >= 0.3 is 24.1 Å². The summed E-state index contributed by atoms with van der Waals surface area (Å²) in [4.78, 5) is 74.5. The molecule has 4 atom stereocenters. The zero-order valence-electron chi connectivity index (χ0n) is 37.3. The number of halogens is 7. The molecule has 8 heterocycles. The first-order valence-corrected chi connectivity index (χ1v) is 21.7. The minimum absolute atomic E-state index is 0.0473. The van der Waals surface area contributed by atoms with Crippen molar-refractivity contribution < 1.29 is 59.4 Å². The molecule has 2 unspecified atom stereocenters. The molecule has 0 aliphatic carbocycles. The summed E-state index contributed by atoms with van der Waals surface area (Å²) in [5, 5.41) is 11.0. The summed E-state index contributed by atoms with van der Waals surface area (Å²) in [7, 11) is 1.35. The molecule has 71 heavy (non-hydrogen) atoms. The number of urea groups is 2. The SMILES string of the molecule is CC1Cn2nccc2C(N2C[C@@H](Oc3ncc(F)cn3)CC2=O)N1C(=O)Nc1cc(F)c(F)c(F)c1.CN(C(=O)N1CCn2ncc(N3C[C@@H](Oc4ncccn4)CC3=O)c2C1)c1cc(F)c(F)c(F)c1. The quantitative estimate of drug-likeness (QED) is 0.155. The van der Waals surface area contributed by atoms with Crippen LogP contribution in [0.1, 0.15) is 37.3 Å². The largest absolute Gasteiger partial charge is 0.458 e. The lowest BCUT2D eigenvalue weighted by atomic mass is 10.1. The number of benzene rings is 2. The standard InChI is InChI=1S/C22H19F4N7O3.C22H20F3N7O3/c1-11-9-32-17(2-3-29-32)20(33(11)22(35)30-13-4-15(24)19(26)16(25)5-13)31-10-14(6-18(31)34)36-21-27-7-12(23)8-28-21;1-29(13-7-15(23)20(25)16(24)8-13)22(34)30-5-6-32-18(12-30)17(10-28-32)31-11-14(9-19(31)33)35-21-26-3-2-4-27-21/h2-5,7-8,11,14,20H,6,9-10H2,1H3,(H,30,35);2-4,7-8,10,14H,5-6,9,11-12H2,1H3/t11?,14-,20?;14-/m00/s1. The number of nitrogens with zero attached hydrogens (tertiary/aromatic N) is 13. The third-order valence-electron chi connectivity index (χ3n) is 11.9. The highest BCUT2D eigenvalue weighted by molar-refractivity contribution is 5.97. The van der Waals surface area contributed by atoms with Crippen LogP contribution in [0.5, 0.6) is 12.0 Å². The highest BCUT2D eigenvalue weighted by Gasteiger charge is 2.46. The van der Waals surface area contributed by atoms with Crippen LogP contribution < -0.4 is 24.6 Å². The molecule has 4 aliphatic heterocycles. The van der Waals surface area contributed by atoms with E-state index in [2.05, 4.69) is 35.5 Å². The average molecular weight is 993 g/mol. The molecular weight excluding hydrogens is 954 g/mol. The Hall–Kier alpha value is -8.39. The number of amides is 6. The van der Waals surface area contributed by atoms with Crippen molar-refractivity contribution in [1.29, 1.82) is 0 Å². The molecule has 6 aromatic rings. The van der Waals surface area contributed by atoms with Crippen molar-refractivity contribution >= 4 is 40.9 Å². The third kappa shape index (κ3) is 9.78. The predicted molar refractivity (Wildman–Crippen MR) is 231 cm³/mol. The molecule has 27 heteroatoms. The van der Waals surface area contributed by atoms with Crippen LogP contribution in [-0.2, 0) is 29.2 Å². The maximum atomic E-state index is 13.7. The molecule has 2 fully saturated rings. The van der Waals surface area contributed by atoms with Gasteiger partial charge < -0.3 is 29.5 Å². The third-order valence-corrected chi connectivity index (χ3v) is 11.9. The van der Waals surface area contributed by atoms with Crippen LogP contribution in [0.2, 0.25) is 0 Å². The van der Waals surface area contributed by atoms with E-state index >= 15 is 0 Å². The van der Waals surface area contributed by atoms with Crippen LogP contribution in [0.3, 0.4) is 0 Å². The van der Waals surface area contributed by atoms with Gasteiger partial charge in [-0.1, -0.05) is 0 Å². The van der Waals surface area contributed by atoms with Crippen LogP contribution in [0, 0.1) is 40.7 Å². The van der Waals surface area contributed by atoms with Gasteiger partial charge in [-0.2, -0.15) is 10.2 Å². The Balaban J connectivity index is 0.000000176. The number of carbonyl (C=O) groups is 4. The summed E-state index contributed by atoms with van der Waals surface area (Å²) in [5.41, 5.74) is 1.31. The molecule has 4 aromatic heterocycles. The Labute approximate surface area is 397 Å². The van der Waals surface area contributed by atoms with Crippen molar-refractivity contribution in [2.24, 2.45) is 0 Å². The summed E-state index contributed by atoms with van der Waals surface area (Å²) in [6, 6.07) is 4.44. The number of rotatable bonds is 8. The van der Waals surface area contributed by atoms with Crippen molar-refractivity contribution in [3.05, 3.63) is 126 Å². The first-order valence-electron chi connectivity index (χ1n) is 21.7. The van der Waals surface area contributed by atoms with Crippen molar-refractivity contribution in [3.63, 3.8) is 0 Å². The topological polar surface area (TPSA) is 202 Å². The van der Waals surface area contributed by atoms with E-state index in [0.29, 0.717) is 42.3 Å². The molecule has 0 spiro atoms. The van der Waals surface area contributed by atoms with Gasteiger partial charge in [-0.15, -0.1) is 0 Å². The molecule has 10 rings (SSSR count). The van der Waals surface area contributed by atoms with Gasteiger partial charge in [0, 0.05) is 62.1 Å². The Bertz CT molecular complexity index is 2960. The van der Waals surface area contributed by atoms with Gasteiger partial charge in [0.05, 0.1) is 93.0 Å². The summed E-state index contributed by atoms with van der Waals surface area (Å²) in [6.07, 6.45) is 6.08. The summed E-state index contributed by atoms with van der Waals surface area (Å²) >= 11 is 0. The van der Waals surface area contributed by atoms with E-state index in [1.54, 1.807) is 51.9 Å². The first-order chi connectivity index (χ1) is 34.0. The number of ether oxygens (including phenoxy) is 2. The van der Waals surface area contributed by atoms with E-state index in [4.69, 9.17) is 9.47 Å². The van der Waals surface area contributed by atoms with Crippen molar-refractivity contribution in [3.8, 4) is 12.0 Å². The lowest BCUT2D eigenvalue weighted by molar-refractivity contribution is -0.134. The summed E-state index contributed by atoms with van der Waals surface area (Å²) in [5.74, 6) is -10.1. The molecule has 0 bridgehead atoms. The minimum atomic E-state index is -1.65. The average Bonchev–Trinajstić information content (AvgIpc) is 4.16. The van der Waals surface area contributed by atoms with E-state index in [-0.39, 0.29) is 74.2 Å². The predicted octanol–water partition coefficient (Wildman–Crippen LogP) is 5.19. The molecular formula is C44H39F7N14O6. The molecule has 1 N–H and O–H groups in total. The highest BCUT2D eigenvalue weighted by atomic mass is 19.2. The number of hydrogen-bond donors (Lipinski definition) is 1. The van der Waals surface area contributed by atoms with Gasteiger partial charge in [0.1, 0.15) is 12.2 Å². The number of hydrogen-bond acceptors (Lipinski definition) is 12. The van der Waals surface area contributed by atoms with E-state index in [0.717, 1.165) is 29.4 Å². The zero-order valence-corrected chi connectivity index (χ0v) is 37.3. The lowest BCUT2D eigenvalue weighted by Gasteiger charge is -2.44. The summed E-state index contributed by atoms with van der Waals surface area (Å²) in [6.45, 7) is 3.09. The second-order valence-corrected chi connectivity index (χ2v) is 16.6. The number of likely N-dealkylation sites (tertiary alicyclic amines) is 1. The van der Waals surface area contributed by atoms with E-state index in [1.807, 2.05) is 0 Å². The maximum Gasteiger partial charge on any atom is 0.324 e. The van der Waals surface area contributed by atoms with Crippen LogP contribution >= 0.6 is 0 Å². The normalized spacial score (nSPS) is 19.5. The molecule has 0 saturated carbocycles. The second-order valence-electron chi connectivity index (χ2n) is 16.6. The van der Waals surface area contributed by atoms with Gasteiger partial charge in [0.15, 0.2) is 46.9 Å². The number of anilines is 3. The number of nitrogens with one attached hydrogen (secondary N) is 1. The Kier molecular flexibility index (Phi) is 13.1. The minimum Gasteiger partial charge on any atom is -0.458 e. The van der Waals surface area contributed by atoms with Crippen molar-refractivity contribution in [2.45, 2.75) is 63.8 Å². The van der Waals surface area contributed by atoms with Crippen LogP contribution in [-0.4, -0.2) is 123 Å². The Morgan fingerprint density at radius 3 is 2.03 bits per heavy atom. The highest BCUT2D eigenvalue weighted by Crippen LogP contribution is 2.36. The van der Waals surface area contributed by atoms with Gasteiger partial charge in [0.2, 0.25) is 11.8 Å². The van der Waals surface area contributed by atoms with Crippen molar-refractivity contribution in [1.82, 2.24) is 54.2 Å². The number of carbonyl (C=O) groups excluding carboxylic acids is 4. The molecule has 370 valence electrons. The monoisotopic (exact) mass is 992 g/mol. The van der Waals surface area contributed by atoms with Gasteiger partial charge in [-0.05, 0) is 19.1 Å². The van der Waals surface area contributed by atoms with Crippen molar-refractivity contribution in [2.75, 3.05) is 41.8 Å².